The molecule has 1 aliphatic rings. The molecular formula is C17H23ClN2O4. The lowest BCUT2D eigenvalue weighted by molar-refractivity contribution is -0.139. The summed E-state index contributed by atoms with van der Waals surface area (Å²) in [6.07, 6.45) is 0.898. The molecule has 0 bridgehead atoms. The van der Waals surface area contributed by atoms with Gasteiger partial charge in [0.2, 0.25) is 5.91 Å². The molecule has 0 aliphatic carbocycles. The summed E-state index contributed by atoms with van der Waals surface area (Å²) in [5.41, 5.74) is 0. The number of methoxy groups -OCH3 is 1. The third-order valence-electron chi connectivity index (χ3n) is 3.92. The van der Waals surface area contributed by atoms with Gasteiger partial charge in [0.25, 0.3) is 5.91 Å². The number of ether oxygens (including phenoxy) is 2. The van der Waals surface area contributed by atoms with Crippen molar-refractivity contribution in [2.45, 2.75) is 31.9 Å². The Bertz CT molecular complexity index is 556. The Morgan fingerprint density at radius 3 is 2.50 bits per heavy atom. The molecule has 2 amide bonds. The molecule has 0 spiro atoms. The van der Waals surface area contributed by atoms with Crippen molar-refractivity contribution >= 4 is 23.4 Å². The minimum Gasteiger partial charge on any atom is -0.481 e. The zero-order valence-electron chi connectivity index (χ0n) is 14.0. The molecule has 132 valence electrons. The Morgan fingerprint density at radius 2 is 1.92 bits per heavy atom. The van der Waals surface area contributed by atoms with Crippen LogP contribution in [0.15, 0.2) is 24.3 Å². The molecule has 1 heterocycles. The van der Waals surface area contributed by atoms with Gasteiger partial charge in [-0.05, 0) is 44.0 Å². The van der Waals surface area contributed by atoms with E-state index in [2.05, 4.69) is 5.32 Å². The topological polar surface area (TPSA) is 67.9 Å². The van der Waals surface area contributed by atoms with Crippen LogP contribution < -0.4 is 10.1 Å². The van der Waals surface area contributed by atoms with Crippen molar-refractivity contribution in [3.8, 4) is 5.75 Å². The summed E-state index contributed by atoms with van der Waals surface area (Å²) < 4.78 is 10.5. The van der Waals surface area contributed by atoms with Gasteiger partial charge in [0, 0.05) is 31.3 Å². The second kappa shape index (κ2) is 8.89. The first-order valence-corrected chi connectivity index (χ1v) is 8.36. The summed E-state index contributed by atoms with van der Waals surface area (Å²) >= 11 is 5.83. The number of nitrogens with zero attached hydrogens (tertiary/aromatic N) is 1. The van der Waals surface area contributed by atoms with Gasteiger partial charge in [-0.3, -0.25) is 9.59 Å². The number of carbonyl (C=O) groups is 2. The highest BCUT2D eigenvalue weighted by atomic mass is 35.5. The van der Waals surface area contributed by atoms with Crippen LogP contribution in [0.5, 0.6) is 5.75 Å². The number of hydrogen-bond donors (Lipinski definition) is 1. The Labute approximate surface area is 147 Å². The molecule has 0 aromatic heterocycles. The monoisotopic (exact) mass is 354 g/mol. The van der Waals surface area contributed by atoms with Crippen LogP contribution in [0.25, 0.3) is 0 Å². The van der Waals surface area contributed by atoms with E-state index in [4.69, 9.17) is 21.1 Å². The number of benzene rings is 1. The van der Waals surface area contributed by atoms with Crippen molar-refractivity contribution in [2.24, 2.45) is 0 Å². The van der Waals surface area contributed by atoms with Gasteiger partial charge in [0.05, 0.1) is 0 Å². The lowest BCUT2D eigenvalue weighted by Gasteiger charge is -2.33. The van der Waals surface area contributed by atoms with Crippen LogP contribution in [0.4, 0.5) is 0 Å². The predicted molar refractivity (Wildman–Crippen MR) is 91.2 cm³/mol. The zero-order chi connectivity index (χ0) is 17.5. The molecule has 1 aromatic carbocycles. The summed E-state index contributed by atoms with van der Waals surface area (Å²) in [6, 6.07) is 7.02. The maximum Gasteiger partial charge on any atom is 0.263 e. The summed E-state index contributed by atoms with van der Waals surface area (Å²) in [6.45, 7) is 3.00. The number of carbonyl (C=O) groups excluding carboxylic acids is 2. The number of halogens is 1. The highest BCUT2D eigenvalue weighted by molar-refractivity contribution is 6.30. The number of likely N-dealkylation sites (tertiary alicyclic amines) is 1. The number of rotatable bonds is 6. The molecule has 1 N–H and O–H groups in total. The molecule has 0 saturated carbocycles. The number of amides is 2. The molecule has 1 aliphatic heterocycles. The van der Waals surface area contributed by atoms with E-state index in [9.17, 15) is 9.59 Å². The van der Waals surface area contributed by atoms with E-state index in [-0.39, 0.29) is 24.5 Å². The van der Waals surface area contributed by atoms with Crippen molar-refractivity contribution in [3.63, 3.8) is 0 Å². The smallest absolute Gasteiger partial charge is 0.263 e. The van der Waals surface area contributed by atoms with Crippen LogP contribution in [-0.4, -0.2) is 55.7 Å². The standard InChI is InChI=1S/C17H23ClN2O4/c1-12(24-15-5-3-13(18)4-6-15)17(22)20-9-7-14(8-10-20)19-16(21)11-23-2/h3-6,12,14H,7-11H2,1-2H3,(H,19,21). The minimum absolute atomic E-state index is 0.0494. The molecule has 7 heteroatoms. The van der Waals surface area contributed by atoms with E-state index in [1.54, 1.807) is 36.1 Å². The lowest BCUT2D eigenvalue weighted by Crippen LogP contribution is -2.50. The normalized spacial score (nSPS) is 16.5. The first kappa shape index (κ1) is 18.5. The first-order chi connectivity index (χ1) is 11.5. The number of piperidine rings is 1. The van der Waals surface area contributed by atoms with E-state index >= 15 is 0 Å². The minimum atomic E-state index is -0.564. The zero-order valence-corrected chi connectivity index (χ0v) is 14.7. The Balaban J connectivity index is 1.79. The van der Waals surface area contributed by atoms with Gasteiger partial charge < -0.3 is 19.7 Å². The second-order valence-corrected chi connectivity index (χ2v) is 6.25. The average molecular weight is 355 g/mol. The lowest BCUT2D eigenvalue weighted by atomic mass is 10.0. The van der Waals surface area contributed by atoms with Crippen molar-refractivity contribution in [1.29, 1.82) is 0 Å². The third-order valence-corrected chi connectivity index (χ3v) is 4.17. The summed E-state index contributed by atoms with van der Waals surface area (Å²) in [5.74, 6) is 0.440. The SMILES string of the molecule is COCC(=O)NC1CCN(C(=O)C(C)Oc2ccc(Cl)cc2)CC1. The highest BCUT2D eigenvalue weighted by Gasteiger charge is 2.27. The Morgan fingerprint density at radius 1 is 1.29 bits per heavy atom. The molecule has 1 saturated heterocycles. The van der Waals surface area contributed by atoms with Crippen LogP contribution in [0.1, 0.15) is 19.8 Å². The molecule has 2 rings (SSSR count). The van der Waals surface area contributed by atoms with E-state index in [1.807, 2.05) is 0 Å². The summed E-state index contributed by atoms with van der Waals surface area (Å²) in [7, 11) is 1.49. The predicted octanol–water partition coefficient (Wildman–Crippen LogP) is 1.86. The van der Waals surface area contributed by atoms with Crippen LogP contribution in [0.2, 0.25) is 5.02 Å². The fraction of sp³-hybridized carbons (Fsp3) is 0.529. The molecule has 1 fully saturated rings. The van der Waals surface area contributed by atoms with Gasteiger partial charge >= 0.3 is 0 Å². The highest BCUT2D eigenvalue weighted by Crippen LogP contribution is 2.18. The van der Waals surface area contributed by atoms with E-state index in [0.717, 1.165) is 12.8 Å². The summed E-state index contributed by atoms with van der Waals surface area (Å²) in [4.78, 5) is 25.8. The van der Waals surface area contributed by atoms with Crippen LogP contribution in [0.3, 0.4) is 0 Å². The van der Waals surface area contributed by atoms with Crippen LogP contribution >= 0.6 is 11.6 Å². The molecule has 24 heavy (non-hydrogen) atoms. The van der Waals surface area contributed by atoms with Crippen molar-refractivity contribution in [2.75, 3.05) is 26.8 Å². The Kier molecular flexibility index (Phi) is 6.87. The van der Waals surface area contributed by atoms with E-state index in [0.29, 0.717) is 23.9 Å². The second-order valence-electron chi connectivity index (χ2n) is 5.81. The largest absolute Gasteiger partial charge is 0.481 e. The third kappa shape index (κ3) is 5.39. The van der Waals surface area contributed by atoms with E-state index in [1.165, 1.54) is 7.11 Å². The molecule has 6 nitrogen and oxygen atoms in total. The van der Waals surface area contributed by atoms with Gasteiger partial charge in [-0.25, -0.2) is 0 Å². The molecule has 1 unspecified atom stereocenters. The molecule has 1 aromatic rings. The fourth-order valence-electron chi connectivity index (χ4n) is 2.67. The van der Waals surface area contributed by atoms with Gasteiger partial charge in [-0.15, -0.1) is 0 Å². The van der Waals surface area contributed by atoms with Crippen molar-refractivity contribution in [1.82, 2.24) is 10.2 Å². The van der Waals surface area contributed by atoms with Gasteiger partial charge in [-0.1, -0.05) is 11.6 Å². The average Bonchev–Trinajstić information content (AvgIpc) is 2.57. The molecule has 1 atom stereocenters. The fourth-order valence-corrected chi connectivity index (χ4v) is 2.80. The van der Waals surface area contributed by atoms with Crippen LogP contribution in [0, 0.1) is 0 Å². The van der Waals surface area contributed by atoms with Crippen LogP contribution in [-0.2, 0) is 14.3 Å². The molecular weight excluding hydrogens is 332 g/mol. The summed E-state index contributed by atoms with van der Waals surface area (Å²) in [5, 5.41) is 3.53. The van der Waals surface area contributed by atoms with Gasteiger partial charge in [0.15, 0.2) is 6.10 Å². The van der Waals surface area contributed by atoms with Gasteiger partial charge in [0.1, 0.15) is 12.4 Å². The van der Waals surface area contributed by atoms with Gasteiger partial charge in [-0.2, -0.15) is 0 Å². The quantitative estimate of drug-likeness (QED) is 0.846. The first-order valence-electron chi connectivity index (χ1n) is 7.99. The maximum absolute atomic E-state index is 12.5. The number of nitrogens with one attached hydrogen (secondary N) is 1. The maximum atomic E-state index is 12.5. The van der Waals surface area contributed by atoms with Crippen molar-refractivity contribution < 1.29 is 19.1 Å². The molecule has 0 radical (unpaired) electrons. The van der Waals surface area contributed by atoms with Crippen molar-refractivity contribution in [3.05, 3.63) is 29.3 Å². The number of hydrogen-bond acceptors (Lipinski definition) is 4. The Hall–Kier alpha value is -1.79. The van der Waals surface area contributed by atoms with E-state index < -0.39 is 6.10 Å².